The molecule has 0 aromatic heterocycles. The van der Waals surface area contributed by atoms with Crippen LogP contribution in [0.5, 0.6) is 0 Å². The van der Waals surface area contributed by atoms with E-state index in [1.165, 1.54) is 0 Å². The number of hydrogen-bond acceptors (Lipinski definition) is 2. The highest BCUT2D eigenvalue weighted by atomic mass is 16.5. The van der Waals surface area contributed by atoms with Crippen LogP contribution in [0.1, 0.15) is 12.8 Å². The molecule has 2 bridgehead atoms. The van der Waals surface area contributed by atoms with Crippen LogP contribution in [0, 0.1) is 30.1 Å². The monoisotopic (exact) mass is 176 g/mol. The lowest BCUT2D eigenvalue weighted by atomic mass is 9.94. The van der Waals surface area contributed by atoms with Gasteiger partial charge < -0.3 is 4.74 Å². The van der Waals surface area contributed by atoms with Crippen molar-refractivity contribution in [2.45, 2.75) is 12.8 Å². The number of hydrogen-bond donors (Lipinski definition) is 0. The van der Waals surface area contributed by atoms with Gasteiger partial charge in [-0.15, -0.1) is 6.42 Å². The second-order valence-electron chi connectivity index (χ2n) is 3.70. The summed E-state index contributed by atoms with van der Waals surface area (Å²) in [7, 11) is 0. The van der Waals surface area contributed by atoms with Crippen LogP contribution in [0.3, 0.4) is 0 Å². The van der Waals surface area contributed by atoms with Crippen LogP contribution < -0.4 is 0 Å². The summed E-state index contributed by atoms with van der Waals surface area (Å²) in [6, 6.07) is 0. The van der Waals surface area contributed by atoms with Crippen LogP contribution in [-0.4, -0.2) is 12.6 Å². The summed E-state index contributed by atoms with van der Waals surface area (Å²) >= 11 is 0. The molecule has 13 heavy (non-hydrogen) atoms. The van der Waals surface area contributed by atoms with E-state index in [1.54, 1.807) is 0 Å². The standard InChI is InChI=1S/C11H12O2/c1-2-5-13-11(12)10-7-8-3-4-9(10)6-8/h1,3-4,8-10H,5-7H2/t8-,9+,10?/m0/s1. The maximum atomic E-state index is 11.4. The van der Waals surface area contributed by atoms with E-state index < -0.39 is 0 Å². The quantitative estimate of drug-likeness (QED) is 0.361. The molecule has 0 amide bonds. The zero-order chi connectivity index (χ0) is 9.26. The van der Waals surface area contributed by atoms with Gasteiger partial charge in [-0.2, -0.15) is 0 Å². The average Bonchev–Trinajstić information content (AvgIpc) is 2.74. The van der Waals surface area contributed by atoms with Gasteiger partial charge >= 0.3 is 5.97 Å². The molecular formula is C11H12O2. The number of ether oxygens (including phenoxy) is 1. The van der Waals surface area contributed by atoms with Gasteiger partial charge in [0.2, 0.25) is 0 Å². The zero-order valence-electron chi connectivity index (χ0n) is 7.40. The van der Waals surface area contributed by atoms with Crippen molar-refractivity contribution in [1.29, 1.82) is 0 Å². The second kappa shape index (κ2) is 3.26. The van der Waals surface area contributed by atoms with E-state index in [1.807, 2.05) is 0 Å². The van der Waals surface area contributed by atoms with E-state index in [0.717, 1.165) is 12.8 Å². The highest BCUT2D eigenvalue weighted by Crippen LogP contribution is 2.43. The number of fused-ring (bicyclic) bond motifs is 2. The van der Waals surface area contributed by atoms with Gasteiger partial charge in [0.25, 0.3) is 0 Å². The molecule has 68 valence electrons. The molecule has 1 unspecified atom stereocenters. The Labute approximate surface area is 78.0 Å². The highest BCUT2D eigenvalue weighted by molar-refractivity contribution is 5.74. The molecule has 0 N–H and O–H groups in total. The SMILES string of the molecule is C#CCOC(=O)C1C[C@H]2C=C[C@@H]1C2. The molecule has 2 nitrogen and oxygen atoms in total. The Morgan fingerprint density at radius 3 is 2.92 bits per heavy atom. The smallest absolute Gasteiger partial charge is 0.310 e. The molecule has 2 rings (SSSR count). The van der Waals surface area contributed by atoms with Crippen molar-refractivity contribution in [1.82, 2.24) is 0 Å². The highest BCUT2D eigenvalue weighted by Gasteiger charge is 2.40. The number of carbonyl (C=O) groups is 1. The first-order valence-corrected chi connectivity index (χ1v) is 4.59. The third kappa shape index (κ3) is 1.47. The molecule has 0 spiro atoms. The molecule has 3 atom stereocenters. The van der Waals surface area contributed by atoms with Crippen molar-refractivity contribution in [2.75, 3.05) is 6.61 Å². The lowest BCUT2D eigenvalue weighted by Crippen LogP contribution is -2.21. The van der Waals surface area contributed by atoms with Gasteiger partial charge in [-0.25, -0.2) is 0 Å². The molecule has 0 aliphatic heterocycles. The predicted molar refractivity (Wildman–Crippen MR) is 48.6 cm³/mol. The van der Waals surface area contributed by atoms with Gasteiger partial charge in [0, 0.05) is 0 Å². The van der Waals surface area contributed by atoms with E-state index in [2.05, 4.69) is 18.1 Å². The van der Waals surface area contributed by atoms with E-state index in [9.17, 15) is 4.79 Å². The molecule has 1 saturated carbocycles. The van der Waals surface area contributed by atoms with Gasteiger partial charge in [-0.05, 0) is 24.7 Å². The van der Waals surface area contributed by atoms with Crippen molar-refractivity contribution in [2.24, 2.45) is 17.8 Å². The molecule has 1 fully saturated rings. The first-order chi connectivity index (χ1) is 6.31. The number of terminal acetylenes is 1. The Kier molecular flexibility index (Phi) is 2.10. The maximum Gasteiger partial charge on any atom is 0.310 e. The van der Waals surface area contributed by atoms with Gasteiger partial charge in [0.05, 0.1) is 5.92 Å². The van der Waals surface area contributed by atoms with Crippen LogP contribution in [0.4, 0.5) is 0 Å². The summed E-state index contributed by atoms with van der Waals surface area (Å²) < 4.78 is 4.92. The van der Waals surface area contributed by atoms with E-state index in [-0.39, 0.29) is 18.5 Å². The van der Waals surface area contributed by atoms with Crippen LogP contribution >= 0.6 is 0 Å². The maximum absolute atomic E-state index is 11.4. The van der Waals surface area contributed by atoms with Gasteiger partial charge in [0.15, 0.2) is 6.61 Å². The Bertz CT molecular complexity index is 285. The third-order valence-electron chi connectivity index (χ3n) is 2.88. The molecule has 0 radical (unpaired) electrons. The lowest BCUT2D eigenvalue weighted by Gasteiger charge is -2.15. The summed E-state index contributed by atoms with van der Waals surface area (Å²) in [6.45, 7) is 0.108. The topological polar surface area (TPSA) is 26.3 Å². The number of esters is 1. The largest absolute Gasteiger partial charge is 0.452 e. The van der Waals surface area contributed by atoms with Crippen LogP contribution in [0.25, 0.3) is 0 Å². The molecule has 0 aromatic rings. The summed E-state index contributed by atoms with van der Waals surface area (Å²) in [5.74, 6) is 3.28. The Hall–Kier alpha value is -1.23. The molecule has 2 heteroatoms. The van der Waals surface area contributed by atoms with Gasteiger partial charge in [-0.1, -0.05) is 18.1 Å². The van der Waals surface area contributed by atoms with Crippen LogP contribution in [0.2, 0.25) is 0 Å². The molecule has 0 saturated heterocycles. The first kappa shape index (κ1) is 8.37. The van der Waals surface area contributed by atoms with Crippen molar-refractivity contribution >= 4 is 5.97 Å². The summed E-state index contributed by atoms with van der Waals surface area (Å²) in [5, 5.41) is 0. The number of rotatable bonds is 2. The van der Waals surface area contributed by atoms with Crippen molar-refractivity contribution in [3.05, 3.63) is 12.2 Å². The predicted octanol–water partition coefficient (Wildman–Crippen LogP) is 1.38. The van der Waals surface area contributed by atoms with Crippen LogP contribution in [-0.2, 0) is 9.53 Å². The molecule has 2 aliphatic rings. The summed E-state index contributed by atoms with van der Waals surface area (Å²) in [6.07, 6.45) is 11.4. The fourth-order valence-corrected chi connectivity index (χ4v) is 2.27. The van der Waals surface area contributed by atoms with Crippen molar-refractivity contribution < 1.29 is 9.53 Å². The minimum atomic E-state index is -0.116. The van der Waals surface area contributed by atoms with Crippen LogP contribution in [0.15, 0.2) is 12.2 Å². The number of carbonyl (C=O) groups excluding carboxylic acids is 1. The Morgan fingerprint density at radius 1 is 1.54 bits per heavy atom. The zero-order valence-corrected chi connectivity index (χ0v) is 7.40. The van der Waals surface area contributed by atoms with Crippen molar-refractivity contribution in [3.8, 4) is 12.3 Å². The fourth-order valence-electron chi connectivity index (χ4n) is 2.27. The summed E-state index contributed by atoms with van der Waals surface area (Å²) in [5.41, 5.74) is 0. The molecular weight excluding hydrogens is 164 g/mol. The van der Waals surface area contributed by atoms with Gasteiger partial charge in [-0.3, -0.25) is 4.79 Å². The van der Waals surface area contributed by atoms with E-state index in [4.69, 9.17) is 11.2 Å². The minimum Gasteiger partial charge on any atom is -0.452 e. The Morgan fingerprint density at radius 2 is 2.38 bits per heavy atom. The van der Waals surface area contributed by atoms with E-state index in [0.29, 0.717) is 11.8 Å². The van der Waals surface area contributed by atoms with Crippen molar-refractivity contribution in [3.63, 3.8) is 0 Å². The van der Waals surface area contributed by atoms with Gasteiger partial charge in [0.1, 0.15) is 0 Å². The number of allylic oxidation sites excluding steroid dienone is 2. The molecule has 0 aromatic carbocycles. The Balaban J connectivity index is 1.92. The minimum absolute atomic E-state index is 0.0725. The lowest BCUT2D eigenvalue weighted by molar-refractivity contribution is -0.147. The fraction of sp³-hybridized carbons (Fsp3) is 0.545. The first-order valence-electron chi connectivity index (χ1n) is 4.59. The second-order valence-corrected chi connectivity index (χ2v) is 3.70. The molecule has 0 heterocycles. The van der Waals surface area contributed by atoms with E-state index >= 15 is 0 Å². The molecule has 2 aliphatic carbocycles. The summed E-state index contributed by atoms with van der Waals surface area (Å²) in [4.78, 5) is 11.4. The third-order valence-corrected chi connectivity index (χ3v) is 2.88. The average molecular weight is 176 g/mol. The normalized spacial score (nSPS) is 34.5.